The van der Waals surface area contributed by atoms with Crippen LogP contribution in [0.15, 0.2) is 15.7 Å². The summed E-state index contributed by atoms with van der Waals surface area (Å²) in [5.41, 5.74) is 1.27. The van der Waals surface area contributed by atoms with Gasteiger partial charge in [-0.25, -0.2) is 13.1 Å². The molecule has 1 atom stereocenters. The zero-order valence-corrected chi connectivity index (χ0v) is 14.7. The van der Waals surface area contributed by atoms with E-state index in [9.17, 15) is 8.42 Å². The largest absolute Gasteiger partial charge is 0.313 e. The third-order valence-electron chi connectivity index (χ3n) is 4.00. The van der Waals surface area contributed by atoms with Gasteiger partial charge in [0.05, 0.1) is 0 Å². The van der Waals surface area contributed by atoms with Gasteiger partial charge < -0.3 is 5.32 Å². The molecule has 2 rings (SSSR count). The van der Waals surface area contributed by atoms with E-state index < -0.39 is 10.0 Å². The summed E-state index contributed by atoms with van der Waals surface area (Å²) in [4.78, 5) is 0. The van der Waals surface area contributed by atoms with Crippen LogP contribution in [0.1, 0.15) is 52.0 Å². The van der Waals surface area contributed by atoms with Gasteiger partial charge in [-0.3, -0.25) is 0 Å². The normalized spacial score (nSPS) is 22.3. The highest BCUT2D eigenvalue weighted by molar-refractivity contribution is 7.91. The molecule has 120 valence electrons. The molecule has 1 fully saturated rings. The van der Waals surface area contributed by atoms with Crippen molar-refractivity contribution >= 4 is 21.4 Å². The topological polar surface area (TPSA) is 58.2 Å². The summed E-state index contributed by atoms with van der Waals surface area (Å²) in [6, 6.07) is 1.85. The SMILES string of the molecule is CCNCc1csc(S(=O)(=O)NC2CCCC(C)(C)C2)c1. The minimum atomic E-state index is -3.37. The van der Waals surface area contributed by atoms with Crippen molar-refractivity contribution in [1.82, 2.24) is 10.0 Å². The van der Waals surface area contributed by atoms with Crippen molar-refractivity contribution in [3.63, 3.8) is 0 Å². The first-order valence-electron chi connectivity index (χ1n) is 7.63. The molecule has 0 aromatic carbocycles. The van der Waals surface area contributed by atoms with E-state index in [2.05, 4.69) is 23.9 Å². The Labute approximate surface area is 132 Å². The lowest BCUT2D eigenvalue weighted by atomic mass is 9.75. The fourth-order valence-electron chi connectivity index (χ4n) is 2.93. The second-order valence-corrected chi connectivity index (χ2v) is 9.49. The number of nitrogens with one attached hydrogen (secondary N) is 2. The summed E-state index contributed by atoms with van der Waals surface area (Å²) in [6.45, 7) is 8.07. The number of sulfonamides is 1. The van der Waals surface area contributed by atoms with Crippen molar-refractivity contribution in [2.24, 2.45) is 5.41 Å². The van der Waals surface area contributed by atoms with Crippen LogP contribution in [0.3, 0.4) is 0 Å². The molecule has 0 saturated heterocycles. The Morgan fingerprint density at radius 3 is 2.86 bits per heavy atom. The Kier molecular flexibility index (Phi) is 5.46. The van der Waals surface area contributed by atoms with Crippen LogP contribution < -0.4 is 10.0 Å². The van der Waals surface area contributed by atoms with E-state index in [1.54, 1.807) is 6.07 Å². The van der Waals surface area contributed by atoms with E-state index in [1.807, 2.05) is 12.3 Å². The van der Waals surface area contributed by atoms with Crippen LogP contribution >= 0.6 is 11.3 Å². The molecule has 1 aliphatic carbocycles. The van der Waals surface area contributed by atoms with Gasteiger partial charge in [0.2, 0.25) is 10.0 Å². The Bertz CT molecular complexity index is 564. The van der Waals surface area contributed by atoms with Crippen molar-refractivity contribution in [1.29, 1.82) is 0 Å². The smallest absolute Gasteiger partial charge is 0.250 e. The zero-order chi connectivity index (χ0) is 15.5. The van der Waals surface area contributed by atoms with Crippen LogP contribution in [0.4, 0.5) is 0 Å². The molecule has 1 aliphatic rings. The molecular formula is C15H26N2O2S2. The van der Waals surface area contributed by atoms with Crippen molar-refractivity contribution in [2.75, 3.05) is 6.54 Å². The monoisotopic (exact) mass is 330 g/mol. The Balaban J connectivity index is 2.02. The molecule has 1 heterocycles. The summed E-state index contributed by atoms with van der Waals surface area (Å²) in [6.07, 6.45) is 4.13. The molecule has 1 aromatic rings. The van der Waals surface area contributed by atoms with E-state index >= 15 is 0 Å². The van der Waals surface area contributed by atoms with Crippen LogP contribution in [-0.4, -0.2) is 21.0 Å². The molecule has 2 N–H and O–H groups in total. The molecule has 0 radical (unpaired) electrons. The van der Waals surface area contributed by atoms with Crippen LogP contribution in [0.25, 0.3) is 0 Å². The van der Waals surface area contributed by atoms with E-state index in [0.717, 1.165) is 37.9 Å². The van der Waals surface area contributed by atoms with Gasteiger partial charge in [-0.2, -0.15) is 0 Å². The minimum Gasteiger partial charge on any atom is -0.313 e. The second-order valence-electron chi connectivity index (χ2n) is 6.63. The van der Waals surface area contributed by atoms with Crippen LogP contribution in [-0.2, 0) is 16.6 Å². The molecule has 0 bridgehead atoms. The lowest BCUT2D eigenvalue weighted by Gasteiger charge is -2.35. The van der Waals surface area contributed by atoms with Gasteiger partial charge in [0.15, 0.2) is 0 Å². The fraction of sp³-hybridized carbons (Fsp3) is 0.733. The molecule has 1 unspecified atom stereocenters. The highest BCUT2D eigenvalue weighted by Crippen LogP contribution is 2.35. The minimum absolute atomic E-state index is 0.0677. The molecule has 0 spiro atoms. The van der Waals surface area contributed by atoms with E-state index in [0.29, 0.717) is 4.21 Å². The molecule has 1 aromatic heterocycles. The zero-order valence-electron chi connectivity index (χ0n) is 13.1. The highest BCUT2D eigenvalue weighted by Gasteiger charge is 2.31. The number of thiophene rings is 1. The Morgan fingerprint density at radius 1 is 1.43 bits per heavy atom. The first kappa shape index (κ1) is 16.9. The van der Waals surface area contributed by atoms with Gasteiger partial charge in [-0.1, -0.05) is 27.2 Å². The summed E-state index contributed by atoms with van der Waals surface area (Å²) >= 11 is 1.30. The Morgan fingerprint density at radius 2 is 2.19 bits per heavy atom. The predicted octanol–water partition coefficient (Wildman–Crippen LogP) is 3.10. The summed E-state index contributed by atoms with van der Waals surface area (Å²) in [5.74, 6) is 0. The van der Waals surface area contributed by atoms with Gasteiger partial charge >= 0.3 is 0 Å². The summed E-state index contributed by atoms with van der Waals surface area (Å²) < 4.78 is 28.3. The van der Waals surface area contributed by atoms with Gasteiger partial charge in [-0.15, -0.1) is 11.3 Å². The van der Waals surface area contributed by atoms with E-state index in [1.165, 1.54) is 17.8 Å². The van der Waals surface area contributed by atoms with Crippen molar-refractivity contribution in [2.45, 2.75) is 63.3 Å². The maximum atomic E-state index is 12.5. The molecule has 6 heteroatoms. The van der Waals surface area contributed by atoms with Crippen molar-refractivity contribution in [3.05, 3.63) is 17.0 Å². The summed E-state index contributed by atoms with van der Waals surface area (Å²) in [7, 11) is -3.37. The van der Waals surface area contributed by atoms with Crippen molar-refractivity contribution in [3.8, 4) is 0 Å². The number of rotatable bonds is 6. The third-order valence-corrected chi connectivity index (χ3v) is 7.01. The van der Waals surface area contributed by atoms with Crippen molar-refractivity contribution < 1.29 is 8.42 Å². The average Bonchev–Trinajstić information content (AvgIpc) is 2.84. The lowest BCUT2D eigenvalue weighted by molar-refractivity contribution is 0.212. The predicted molar refractivity (Wildman–Crippen MR) is 88.1 cm³/mol. The highest BCUT2D eigenvalue weighted by atomic mass is 32.2. The lowest BCUT2D eigenvalue weighted by Crippen LogP contribution is -2.40. The number of hydrogen-bond donors (Lipinski definition) is 2. The Hall–Kier alpha value is -0.430. The maximum absolute atomic E-state index is 12.5. The molecule has 0 aliphatic heterocycles. The first-order chi connectivity index (χ1) is 9.82. The maximum Gasteiger partial charge on any atom is 0.250 e. The van der Waals surface area contributed by atoms with Crippen LogP contribution in [0, 0.1) is 5.41 Å². The molecular weight excluding hydrogens is 304 g/mol. The molecule has 4 nitrogen and oxygen atoms in total. The van der Waals surface area contributed by atoms with Gasteiger partial charge in [0.25, 0.3) is 0 Å². The van der Waals surface area contributed by atoms with Gasteiger partial charge in [0.1, 0.15) is 4.21 Å². The van der Waals surface area contributed by atoms with Gasteiger partial charge in [-0.05, 0) is 48.2 Å². The summed E-state index contributed by atoms with van der Waals surface area (Å²) in [5, 5.41) is 5.13. The van der Waals surface area contributed by atoms with Crippen LogP contribution in [0.5, 0.6) is 0 Å². The molecule has 1 saturated carbocycles. The first-order valence-corrected chi connectivity index (χ1v) is 9.99. The molecule has 0 amide bonds. The van der Waals surface area contributed by atoms with Crippen LogP contribution in [0.2, 0.25) is 0 Å². The fourth-order valence-corrected chi connectivity index (χ4v) is 5.43. The number of hydrogen-bond acceptors (Lipinski definition) is 4. The third kappa shape index (κ3) is 4.77. The molecule has 21 heavy (non-hydrogen) atoms. The standard InChI is InChI=1S/C15H26N2O2S2/c1-4-16-10-12-8-14(20-11-12)21(18,19)17-13-6-5-7-15(2,3)9-13/h8,11,13,16-17H,4-7,9-10H2,1-3H3. The van der Waals surface area contributed by atoms with E-state index in [4.69, 9.17) is 0 Å². The quantitative estimate of drug-likeness (QED) is 0.842. The van der Waals surface area contributed by atoms with E-state index in [-0.39, 0.29) is 11.5 Å². The van der Waals surface area contributed by atoms with Gasteiger partial charge in [0, 0.05) is 12.6 Å². The average molecular weight is 331 g/mol. The second kappa shape index (κ2) is 6.77.